The number of tetrazole rings is 1. The fourth-order valence-corrected chi connectivity index (χ4v) is 5.08. The third-order valence-electron chi connectivity index (χ3n) is 5.99. The minimum atomic E-state index is -0.188. The lowest BCUT2D eigenvalue weighted by molar-refractivity contribution is -0.130. The highest BCUT2D eigenvalue weighted by atomic mass is 32.2. The number of carbonyl (C=O) groups is 1. The van der Waals surface area contributed by atoms with Gasteiger partial charge in [-0.15, -0.1) is 5.10 Å². The van der Waals surface area contributed by atoms with Gasteiger partial charge in [0.1, 0.15) is 0 Å². The molecule has 0 saturated heterocycles. The van der Waals surface area contributed by atoms with Gasteiger partial charge in [0.05, 0.1) is 32.1 Å². The van der Waals surface area contributed by atoms with Crippen LogP contribution in [-0.4, -0.2) is 57.5 Å². The van der Waals surface area contributed by atoms with E-state index >= 15 is 0 Å². The second kappa shape index (κ2) is 8.82. The van der Waals surface area contributed by atoms with E-state index in [0.717, 1.165) is 30.4 Å². The van der Waals surface area contributed by atoms with Crippen LogP contribution in [0.3, 0.4) is 0 Å². The summed E-state index contributed by atoms with van der Waals surface area (Å²) >= 11 is 1.41. The van der Waals surface area contributed by atoms with Crippen LogP contribution < -0.4 is 9.47 Å². The minimum absolute atomic E-state index is 0.0645. The minimum Gasteiger partial charge on any atom is -0.493 e. The smallest absolute Gasteiger partial charge is 0.233 e. The molecular formula is C23H25N5O3S. The number of nitrogens with zero attached hydrogens (tertiary/aromatic N) is 5. The molecule has 32 heavy (non-hydrogen) atoms. The number of hydrogen-bond acceptors (Lipinski definition) is 7. The van der Waals surface area contributed by atoms with Crippen LogP contribution in [0.4, 0.5) is 0 Å². The van der Waals surface area contributed by atoms with Crippen LogP contribution in [0.1, 0.15) is 41.6 Å². The molecule has 1 fully saturated rings. The number of amides is 1. The Bertz CT molecular complexity index is 1120. The van der Waals surface area contributed by atoms with Gasteiger partial charge in [-0.05, 0) is 58.5 Å². The Hall–Kier alpha value is -3.07. The van der Waals surface area contributed by atoms with Crippen molar-refractivity contribution >= 4 is 17.7 Å². The number of thioether (sulfide) groups is 1. The summed E-state index contributed by atoms with van der Waals surface area (Å²) in [7, 11) is 3.28. The fourth-order valence-electron chi connectivity index (χ4n) is 4.25. The van der Waals surface area contributed by atoms with E-state index < -0.39 is 0 Å². The molecular weight excluding hydrogens is 426 g/mol. The highest BCUT2D eigenvalue weighted by Gasteiger charge is 2.34. The number of carbonyl (C=O) groups excluding carboxylic acids is 1. The van der Waals surface area contributed by atoms with Crippen molar-refractivity contribution < 1.29 is 14.3 Å². The Morgan fingerprint density at radius 1 is 1.12 bits per heavy atom. The lowest BCUT2D eigenvalue weighted by Crippen LogP contribution is -2.41. The zero-order chi connectivity index (χ0) is 22.1. The molecule has 1 aliphatic heterocycles. The van der Waals surface area contributed by atoms with Gasteiger partial charge in [-0.2, -0.15) is 0 Å². The SMILES string of the molecule is COc1cc2c(cc1OC)C(c1ccccc1)N(C(=O)CSc1nnnn1C1CC1)CC2. The van der Waals surface area contributed by atoms with E-state index in [0.29, 0.717) is 35.0 Å². The number of hydrogen-bond donors (Lipinski definition) is 0. The van der Waals surface area contributed by atoms with Crippen LogP contribution in [-0.2, 0) is 11.2 Å². The van der Waals surface area contributed by atoms with Crippen molar-refractivity contribution in [3.05, 3.63) is 59.2 Å². The molecule has 3 aromatic rings. The molecule has 1 amide bonds. The van der Waals surface area contributed by atoms with E-state index in [9.17, 15) is 4.79 Å². The number of ether oxygens (including phenoxy) is 2. The van der Waals surface area contributed by atoms with Crippen molar-refractivity contribution in [2.24, 2.45) is 0 Å². The van der Waals surface area contributed by atoms with Gasteiger partial charge in [-0.25, -0.2) is 4.68 Å². The van der Waals surface area contributed by atoms with Gasteiger partial charge in [0.15, 0.2) is 11.5 Å². The number of methoxy groups -OCH3 is 2. The summed E-state index contributed by atoms with van der Waals surface area (Å²) in [6, 6.07) is 14.4. The lowest BCUT2D eigenvalue weighted by Gasteiger charge is -2.38. The highest BCUT2D eigenvalue weighted by molar-refractivity contribution is 7.99. The molecule has 1 saturated carbocycles. The van der Waals surface area contributed by atoms with Crippen LogP contribution in [0.5, 0.6) is 11.5 Å². The zero-order valence-corrected chi connectivity index (χ0v) is 18.9. The molecule has 0 spiro atoms. The van der Waals surface area contributed by atoms with Crippen molar-refractivity contribution in [2.75, 3.05) is 26.5 Å². The van der Waals surface area contributed by atoms with Gasteiger partial charge in [0.2, 0.25) is 11.1 Å². The first-order valence-electron chi connectivity index (χ1n) is 10.7. The maximum Gasteiger partial charge on any atom is 0.233 e. The average molecular weight is 452 g/mol. The first-order valence-corrected chi connectivity index (χ1v) is 11.7. The van der Waals surface area contributed by atoms with E-state index in [4.69, 9.17) is 9.47 Å². The Morgan fingerprint density at radius 3 is 2.59 bits per heavy atom. The van der Waals surface area contributed by atoms with E-state index in [2.05, 4.69) is 27.7 Å². The monoisotopic (exact) mass is 451 g/mol. The molecule has 0 radical (unpaired) electrons. The average Bonchev–Trinajstić information content (AvgIpc) is 3.58. The Morgan fingerprint density at radius 2 is 1.88 bits per heavy atom. The van der Waals surface area contributed by atoms with Gasteiger partial charge in [-0.1, -0.05) is 42.1 Å². The van der Waals surface area contributed by atoms with Crippen LogP contribution in [0, 0.1) is 0 Å². The zero-order valence-electron chi connectivity index (χ0n) is 18.1. The standard InChI is InChI=1S/C23H25N5O3S/c1-30-19-12-16-10-11-27(21(29)14-32-23-24-25-26-28(23)17-8-9-17)22(15-6-4-3-5-7-15)18(16)13-20(19)31-2/h3-7,12-13,17,22H,8-11,14H2,1-2H3. The highest BCUT2D eigenvalue weighted by Crippen LogP contribution is 2.41. The predicted octanol–water partition coefficient (Wildman–Crippen LogP) is 3.29. The molecule has 8 nitrogen and oxygen atoms in total. The van der Waals surface area contributed by atoms with Crippen molar-refractivity contribution in [1.29, 1.82) is 0 Å². The van der Waals surface area contributed by atoms with Crippen LogP contribution in [0.2, 0.25) is 0 Å². The first-order chi connectivity index (χ1) is 15.7. The second-order valence-electron chi connectivity index (χ2n) is 7.98. The summed E-state index contributed by atoms with van der Waals surface area (Å²) in [6.45, 7) is 0.634. The molecule has 1 atom stereocenters. The van der Waals surface area contributed by atoms with E-state index in [-0.39, 0.29) is 11.9 Å². The van der Waals surface area contributed by atoms with Gasteiger partial charge < -0.3 is 14.4 Å². The summed E-state index contributed by atoms with van der Waals surface area (Å²) in [4.78, 5) is 15.4. The summed E-state index contributed by atoms with van der Waals surface area (Å²) in [6.07, 6.45) is 2.95. The Balaban J connectivity index is 1.45. The van der Waals surface area contributed by atoms with Gasteiger partial charge in [-0.3, -0.25) is 4.79 Å². The quantitative estimate of drug-likeness (QED) is 0.510. The molecule has 2 aromatic carbocycles. The molecule has 166 valence electrons. The lowest BCUT2D eigenvalue weighted by atomic mass is 9.87. The van der Waals surface area contributed by atoms with Crippen LogP contribution in [0.15, 0.2) is 47.6 Å². The molecule has 2 aliphatic rings. The van der Waals surface area contributed by atoms with E-state index in [1.54, 1.807) is 14.2 Å². The number of rotatable bonds is 7. The van der Waals surface area contributed by atoms with E-state index in [1.165, 1.54) is 17.3 Å². The molecule has 1 aliphatic carbocycles. The number of fused-ring (bicyclic) bond motifs is 1. The number of benzene rings is 2. The maximum absolute atomic E-state index is 13.4. The molecule has 0 N–H and O–H groups in total. The van der Waals surface area contributed by atoms with Crippen molar-refractivity contribution in [3.63, 3.8) is 0 Å². The largest absolute Gasteiger partial charge is 0.493 e. The number of aromatic nitrogens is 4. The predicted molar refractivity (Wildman–Crippen MR) is 120 cm³/mol. The van der Waals surface area contributed by atoms with Gasteiger partial charge in [0, 0.05) is 6.54 Å². The summed E-state index contributed by atoms with van der Waals surface area (Å²) in [5, 5.41) is 12.7. The molecule has 0 bridgehead atoms. The van der Waals surface area contributed by atoms with Gasteiger partial charge >= 0.3 is 0 Å². The molecule has 5 rings (SSSR count). The second-order valence-corrected chi connectivity index (χ2v) is 8.92. The normalized spacial score (nSPS) is 17.7. The molecule has 1 aromatic heterocycles. The van der Waals surface area contributed by atoms with Crippen molar-refractivity contribution in [2.45, 2.75) is 36.5 Å². The summed E-state index contributed by atoms with van der Waals surface area (Å²) in [5.74, 6) is 1.73. The maximum atomic E-state index is 13.4. The van der Waals surface area contributed by atoms with Gasteiger partial charge in [0.25, 0.3) is 0 Å². The first kappa shape index (κ1) is 20.8. The Labute approximate surface area is 190 Å². The van der Waals surface area contributed by atoms with Crippen molar-refractivity contribution in [1.82, 2.24) is 25.1 Å². The topological polar surface area (TPSA) is 82.4 Å². The summed E-state index contributed by atoms with van der Waals surface area (Å²) in [5.41, 5.74) is 3.31. The third kappa shape index (κ3) is 3.92. The van der Waals surface area contributed by atoms with Crippen LogP contribution in [0.25, 0.3) is 0 Å². The molecule has 9 heteroatoms. The van der Waals surface area contributed by atoms with Crippen LogP contribution >= 0.6 is 11.8 Å². The third-order valence-corrected chi connectivity index (χ3v) is 6.91. The molecule has 2 heterocycles. The summed E-state index contributed by atoms with van der Waals surface area (Å²) < 4.78 is 12.9. The fraction of sp³-hybridized carbons (Fsp3) is 0.391. The van der Waals surface area contributed by atoms with Crippen molar-refractivity contribution in [3.8, 4) is 11.5 Å². The Kier molecular flexibility index (Phi) is 5.73. The molecule has 1 unspecified atom stereocenters. The van der Waals surface area contributed by atoms with E-state index in [1.807, 2.05) is 39.9 Å².